The third-order valence-electron chi connectivity index (χ3n) is 3.10. The normalized spacial score (nSPS) is 11.0. The molecule has 2 aromatic rings. The number of esters is 1. The fourth-order valence-electron chi connectivity index (χ4n) is 1.94. The van der Waals surface area contributed by atoms with E-state index in [2.05, 4.69) is 5.10 Å². The van der Waals surface area contributed by atoms with Gasteiger partial charge in [0.25, 0.3) is 0 Å². The monoisotopic (exact) mass is 306 g/mol. The number of hydrogen-bond donors (Lipinski definition) is 0. The molecule has 0 N–H and O–H groups in total. The van der Waals surface area contributed by atoms with Crippen LogP contribution in [0.5, 0.6) is 0 Å². The minimum Gasteiger partial charge on any atom is -0.462 e. The van der Waals surface area contributed by atoms with Crippen LogP contribution < -0.4 is 0 Å². The second-order valence-corrected chi connectivity index (χ2v) is 5.81. The summed E-state index contributed by atoms with van der Waals surface area (Å²) in [5.74, 6) is 0.0201. The van der Waals surface area contributed by atoms with E-state index in [-0.39, 0.29) is 5.97 Å². The summed E-state index contributed by atoms with van der Waals surface area (Å²) in [6, 6.07) is 7.15. The van der Waals surface area contributed by atoms with Crippen LogP contribution in [0, 0.1) is 19.8 Å². The van der Waals surface area contributed by atoms with Gasteiger partial charge in [0.1, 0.15) is 0 Å². The molecule has 0 aliphatic heterocycles. The highest BCUT2D eigenvalue weighted by Gasteiger charge is 2.12. The number of aromatic nitrogens is 2. The van der Waals surface area contributed by atoms with E-state index in [0.29, 0.717) is 23.1 Å². The average Bonchev–Trinajstić information content (AvgIpc) is 2.72. The zero-order valence-corrected chi connectivity index (χ0v) is 13.4. The molecule has 1 aromatic heterocycles. The molecule has 0 spiro atoms. The first kappa shape index (κ1) is 15.6. The number of rotatable bonds is 4. The molecule has 2 rings (SSSR count). The summed E-state index contributed by atoms with van der Waals surface area (Å²) in [7, 11) is 0. The zero-order valence-electron chi connectivity index (χ0n) is 12.7. The number of carbonyl (C=O) groups is 1. The van der Waals surface area contributed by atoms with E-state index in [1.807, 2.05) is 39.8 Å². The van der Waals surface area contributed by atoms with Crippen LogP contribution in [0.4, 0.5) is 0 Å². The molecular formula is C16H19ClN2O2. The Kier molecular flexibility index (Phi) is 4.68. The molecule has 21 heavy (non-hydrogen) atoms. The number of benzene rings is 1. The Morgan fingerprint density at radius 1 is 1.29 bits per heavy atom. The van der Waals surface area contributed by atoms with Crippen molar-refractivity contribution in [1.82, 2.24) is 9.78 Å². The first-order valence-corrected chi connectivity index (χ1v) is 7.27. The Hall–Kier alpha value is -1.81. The van der Waals surface area contributed by atoms with Crippen LogP contribution in [0.25, 0.3) is 5.69 Å². The molecule has 0 radical (unpaired) electrons. The predicted molar refractivity (Wildman–Crippen MR) is 83.2 cm³/mol. The van der Waals surface area contributed by atoms with Crippen LogP contribution in [0.2, 0.25) is 5.02 Å². The van der Waals surface area contributed by atoms with Crippen LogP contribution in [0.1, 0.15) is 35.6 Å². The lowest BCUT2D eigenvalue weighted by Crippen LogP contribution is -2.10. The van der Waals surface area contributed by atoms with Gasteiger partial charge in [0.15, 0.2) is 0 Å². The summed E-state index contributed by atoms with van der Waals surface area (Å²) in [6.45, 7) is 8.20. The van der Waals surface area contributed by atoms with Crippen LogP contribution in [0.15, 0.2) is 24.3 Å². The second kappa shape index (κ2) is 6.31. The lowest BCUT2D eigenvalue weighted by Gasteiger charge is -2.08. The van der Waals surface area contributed by atoms with Gasteiger partial charge in [-0.25, -0.2) is 9.48 Å². The summed E-state index contributed by atoms with van der Waals surface area (Å²) in [4.78, 5) is 11.9. The van der Waals surface area contributed by atoms with Crippen molar-refractivity contribution in [2.24, 2.45) is 5.92 Å². The number of hydrogen-bond acceptors (Lipinski definition) is 3. The Balaban J connectivity index is 2.19. The number of halogens is 1. The largest absolute Gasteiger partial charge is 0.462 e. The Morgan fingerprint density at radius 3 is 2.38 bits per heavy atom. The predicted octanol–water partition coefficient (Wildman–Crippen LogP) is 3.96. The number of carbonyl (C=O) groups excluding carboxylic acids is 1. The molecule has 4 nitrogen and oxygen atoms in total. The molecular weight excluding hydrogens is 288 g/mol. The van der Waals surface area contributed by atoms with E-state index in [1.165, 1.54) is 0 Å². The van der Waals surface area contributed by atoms with Crippen molar-refractivity contribution in [3.63, 3.8) is 0 Å². The lowest BCUT2D eigenvalue weighted by atomic mass is 10.2. The van der Waals surface area contributed by atoms with Gasteiger partial charge in [0, 0.05) is 0 Å². The Bertz CT molecular complexity index is 645. The molecule has 0 saturated carbocycles. The smallest absolute Gasteiger partial charge is 0.338 e. The summed E-state index contributed by atoms with van der Waals surface area (Å²) in [5.41, 5.74) is 3.06. The third-order valence-corrected chi connectivity index (χ3v) is 3.65. The molecule has 0 unspecified atom stereocenters. The first-order valence-electron chi connectivity index (χ1n) is 6.89. The number of nitrogens with zero attached hydrogens (tertiary/aromatic N) is 2. The van der Waals surface area contributed by atoms with Gasteiger partial charge in [-0.3, -0.25) is 0 Å². The van der Waals surface area contributed by atoms with Crippen molar-refractivity contribution in [3.8, 4) is 5.69 Å². The van der Waals surface area contributed by atoms with E-state index >= 15 is 0 Å². The number of ether oxygens (including phenoxy) is 1. The van der Waals surface area contributed by atoms with Crippen molar-refractivity contribution in [2.45, 2.75) is 27.7 Å². The van der Waals surface area contributed by atoms with Crippen molar-refractivity contribution in [1.29, 1.82) is 0 Å². The van der Waals surface area contributed by atoms with Gasteiger partial charge in [-0.2, -0.15) is 5.10 Å². The highest BCUT2D eigenvalue weighted by molar-refractivity contribution is 6.31. The molecule has 1 aromatic carbocycles. The fourth-order valence-corrected chi connectivity index (χ4v) is 2.06. The van der Waals surface area contributed by atoms with Gasteiger partial charge in [-0.1, -0.05) is 25.4 Å². The maximum Gasteiger partial charge on any atom is 0.338 e. The molecule has 5 heteroatoms. The molecule has 0 fully saturated rings. The molecule has 0 amide bonds. The standard InChI is InChI=1S/C16H19ClN2O2/c1-10(2)9-21-16(20)13-5-7-14(8-6-13)19-12(4)15(17)11(3)18-19/h5-8,10H,9H2,1-4H3. The maximum absolute atomic E-state index is 11.9. The average molecular weight is 307 g/mol. The van der Waals surface area contributed by atoms with Crippen LogP contribution in [0.3, 0.4) is 0 Å². The van der Waals surface area contributed by atoms with Gasteiger partial charge in [-0.05, 0) is 44.0 Å². The van der Waals surface area contributed by atoms with Gasteiger partial charge in [0.05, 0.1) is 34.3 Å². The molecule has 0 bridgehead atoms. The van der Waals surface area contributed by atoms with E-state index < -0.39 is 0 Å². The lowest BCUT2D eigenvalue weighted by molar-refractivity contribution is 0.0459. The number of aryl methyl sites for hydroxylation is 1. The van der Waals surface area contributed by atoms with Crippen LogP contribution >= 0.6 is 11.6 Å². The topological polar surface area (TPSA) is 44.1 Å². The summed E-state index contributed by atoms with van der Waals surface area (Å²) < 4.78 is 6.96. The zero-order chi connectivity index (χ0) is 15.6. The molecule has 0 aliphatic carbocycles. The fraction of sp³-hybridized carbons (Fsp3) is 0.375. The second-order valence-electron chi connectivity index (χ2n) is 5.44. The van der Waals surface area contributed by atoms with Gasteiger partial charge in [-0.15, -0.1) is 0 Å². The molecule has 0 atom stereocenters. The molecule has 112 valence electrons. The summed E-state index contributed by atoms with van der Waals surface area (Å²) in [5, 5.41) is 5.05. The first-order chi connectivity index (χ1) is 9.90. The van der Waals surface area contributed by atoms with Gasteiger partial charge >= 0.3 is 5.97 Å². The van der Waals surface area contributed by atoms with Crippen molar-refractivity contribution >= 4 is 17.6 Å². The SMILES string of the molecule is Cc1nn(-c2ccc(C(=O)OCC(C)C)cc2)c(C)c1Cl. The highest BCUT2D eigenvalue weighted by atomic mass is 35.5. The van der Waals surface area contributed by atoms with Crippen LogP contribution in [-0.2, 0) is 4.74 Å². The molecule has 0 aliphatic rings. The molecule has 0 saturated heterocycles. The minimum absolute atomic E-state index is 0.304. The quantitative estimate of drug-likeness (QED) is 0.803. The summed E-state index contributed by atoms with van der Waals surface area (Å²) >= 11 is 6.14. The van der Waals surface area contributed by atoms with Crippen LogP contribution in [-0.4, -0.2) is 22.4 Å². The van der Waals surface area contributed by atoms with E-state index in [0.717, 1.165) is 17.1 Å². The third kappa shape index (κ3) is 3.45. The highest BCUT2D eigenvalue weighted by Crippen LogP contribution is 2.22. The summed E-state index contributed by atoms with van der Waals surface area (Å²) in [6.07, 6.45) is 0. The van der Waals surface area contributed by atoms with E-state index in [4.69, 9.17) is 16.3 Å². The van der Waals surface area contributed by atoms with E-state index in [1.54, 1.807) is 16.8 Å². The van der Waals surface area contributed by atoms with Gasteiger partial charge < -0.3 is 4.74 Å². The van der Waals surface area contributed by atoms with Crippen molar-refractivity contribution in [2.75, 3.05) is 6.61 Å². The Labute approximate surface area is 129 Å². The molecule has 1 heterocycles. The van der Waals surface area contributed by atoms with Gasteiger partial charge in [0.2, 0.25) is 0 Å². The van der Waals surface area contributed by atoms with E-state index in [9.17, 15) is 4.79 Å². The van der Waals surface area contributed by atoms with Crippen molar-refractivity contribution < 1.29 is 9.53 Å². The maximum atomic E-state index is 11.9. The van der Waals surface area contributed by atoms with Crippen molar-refractivity contribution in [3.05, 3.63) is 46.2 Å². The minimum atomic E-state index is -0.304. The Morgan fingerprint density at radius 2 is 1.90 bits per heavy atom.